The molecular weight excluding hydrogens is 300 g/mol. The van der Waals surface area contributed by atoms with Gasteiger partial charge < -0.3 is 9.72 Å². The Morgan fingerprint density at radius 1 is 1.32 bits per heavy atom. The number of carbonyl (C=O) groups excluding carboxylic acids is 1. The van der Waals surface area contributed by atoms with E-state index in [4.69, 9.17) is 4.74 Å². The molecule has 0 atom stereocenters. The van der Waals surface area contributed by atoms with Gasteiger partial charge in [0.25, 0.3) is 0 Å². The number of nitrogens with zero attached hydrogens (tertiary/aromatic N) is 2. The fraction of sp³-hybridized carbons (Fsp3) is 0.267. The van der Waals surface area contributed by atoms with E-state index in [1.54, 1.807) is 6.92 Å². The molecule has 0 spiro atoms. The number of carbonyl (C=O) groups is 1. The van der Waals surface area contributed by atoms with Crippen LogP contribution in [0.5, 0.6) is 0 Å². The Bertz CT molecular complexity index is 776. The summed E-state index contributed by atoms with van der Waals surface area (Å²) < 4.78 is 4.88. The molecule has 0 aliphatic heterocycles. The number of para-hydroxylation sites is 2. The van der Waals surface area contributed by atoms with E-state index >= 15 is 0 Å². The minimum absolute atomic E-state index is 0.328. The first-order valence-electron chi connectivity index (χ1n) is 7.09. The minimum atomic E-state index is -0.491. The standard InChI is InChI=1S/C15H16N4O2S/c1-3-9-12(22-14(18-9)19-15(20)21-4-2)13-16-10-7-5-6-8-11(10)17-13/h5-8H,3-4H2,1-2H3,(H,16,17)(H,18,19,20). The Labute approximate surface area is 131 Å². The van der Waals surface area contributed by atoms with Crippen molar-refractivity contribution in [1.29, 1.82) is 0 Å². The number of ether oxygens (including phenoxy) is 1. The number of rotatable bonds is 4. The maximum Gasteiger partial charge on any atom is 0.413 e. The average Bonchev–Trinajstić information content (AvgIpc) is 3.10. The maximum atomic E-state index is 11.5. The van der Waals surface area contributed by atoms with Gasteiger partial charge in [-0.15, -0.1) is 0 Å². The molecule has 114 valence electrons. The van der Waals surface area contributed by atoms with Crippen LogP contribution in [-0.4, -0.2) is 27.7 Å². The largest absolute Gasteiger partial charge is 0.450 e. The third-order valence-electron chi connectivity index (χ3n) is 3.12. The lowest BCUT2D eigenvalue weighted by Gasteiger charge is -2.00. The van der Waals surface area contributed by atoms with E-state index in [1.807, 2.05) is 31.2 Å². The van der Waals surface area contributed by atoms with E-state index in [1.165, 1.54) is 11.3 Å². The van der Waals surface area contributed by atoms with Crippen LogP contribution in [0.3, 0.4) is 0 Å². The predicted octanol–water partition coefficient (Wildman–Crippen LogP) is 3.82. The summed E-state index contributed by atoms with van der Waals surface area (Å²) in [5.74, 6) is 0.771. The van der Waals surface area contributed by atoms with E-state index in [-0.39, 0.29) is 0 Å². The number of nitrogens with one attached hydrogen (secondary N) is 2. The Morgan fingerprint density at radius 3 is 2.86 bits per heavy atom. The van der Waals surface area contributed by atoms with Crippen LogP contribution in [0.1, 0.15) is 19.5 Å². The predicted molar refractivity (Wildman–Crippen MR) is 87.2 cm³/mol. The topological polar surface area (TPSA) is 79.9 Å². The molecule has 1 aromatic carbocycles. The third kappa shape index (κ3) is 2.80. The average molecular weight is 316 g/mol. The molecule has 1 amide bonds. The highest BCUT2D eigenvalue weighted by molar-refractivity contribution is 7.19. The third-order valence-corrected chi connectivity index (χ3v) is 4.14. The first-order valence-corrected chi connectivity index (χ1v) is 7.91. The Hall–Kier alpha value is -2.41. The number of anilines is 1. The zero-order valence-electron chi connectivity index (χ0n) is 12.3. The molecule has 0 saturated heterocycles. The minimum Gasteiger partial charge on any atom is -0.450 e. The highest BCUT2D eigenvalue weighted by Gasteiger charge is 2.16. The zero-order chi connectivity index (χ0) is 15.5. The number of aromatic nitrogens is 3. The van der Waals surface area contributed by atoms with Crippen LogP contribution < -0.4 is 5.32 Å². The van der Waals surface area contributed by atoms with Crippen molar-refractivity contribution in [2.24, 2.45) is 0 Å². The summed E-state index contributed by atoms with van der Waals surface area (Å²) in [4.78, 5) is 24.8. The van der Waals surface area contributed by atoms with Gasteiger partial charge in [-0.05, 0) is 25.5 Å². The summed E-state index contributed by atoms with van der Waals surface area (Å²) in [6.45, 7) is 4.11. The van der Waals surface area contributed by atoms with Gasteiger partial charge in [0.15, 0.2) is 11.0 Å². The Morgan fingerprint density at radius 2 is 2.14 bits per heavy atom. The summed E-state index contributed by atoms with van der Waals surface area (Å²) in [7, 11) is 0. The molecule has 0 aliphatic rings. The first-order chi connectivity index (χ1) is 10.7. The molecule has 0 bridgehead atoms. The van der Waals surface area contributed by atoms with Crippen molar-refractivity contribution in [2.45, 2.75) is 20.3 Å². The van der Waals surface area contributed by atoms with Crippen molar-refractivity contribution in [1.82, 2.24) is 15.0 Å². The number of H-pyrrole nitrogens is 1. The molecule has 7 heteroatoms. The van der Waals surface area contributed by atoms with Crippen molar-refractivity contribution in [3.8, 4) is 10.7 Å². The van der Waals surface area contributed by atoms with E-state index < -0.39 is 6.09 Å². The van der Waals surface area contributed by atoms with Crippen LogP contribution in [0, 0.1) is 0 Å². The van der Waals surface area contributed by atoms with Gasteiger partial charge in [0, 0.05) is 0 Å². The van der Waals surface area contributed by atoms with Crippen LogP contribution in [0.25, 0.3) is 21.7 Å². The number of thiazole rings is 1. The molecule has 0 aliphatic carbocycles. The van der Waals surface area contributed by atoms with Crippen LogP contribution in [-0.2, 0) is 11.2 Å². The van der Waals surface area contributed by atoms with E-state index in [0.29, 0.717) is 11.7 Å². The van der Waals surface area contributed by atoms with E-state index in [0.717, 1.165) is 33.8 Å². The second-order valence-corrected chi connectivity index (χ2v) is 5.60. The van der Waals surface area contributed by atoms with E-state index in [2.05, 4.69) is 20.3 Å². The fourth-order valence-corrected chi connectivity index (χ4v) is 3.13. The zero-order valence-corrected chi connectivity index (χ0v) is 13.2. The van der Waals surface area contributed by atoms with Crippen molar-refractivity contribution in [2.75, 3.05) is 11.9 Å². The summed E-state index contributed by atoms with van der Waals surface area (Å²) in [5, 5.41) is 3.17. The molecular formula is C15H16N4O2S. The van der Waals surface area contributed by atoms with Gasteiger partial charge in [-0.1, -0.05) is 30.4 Å². The number of amides is 1. The van der Waals surface area contributed by atoms with Gasteiger partial charge in [0.2, 0.25) is 0 Å². The molecule has 0 radical (unpaired) electrons. The normalized spacial score (nSPS) is 10.8. The van der Waals surface area contributed by atoms with Crippen molar-refractivity contribution in [3.63, 3.8) is 0 Å². The van der Waals surface area contributed by atoms with Crippen molar-refractivity contribution < 1.29 is 9.53 Å². The Kier molecular flexibility index (Phi) is 4.06. The number of benzene rings is 1. The lowest BCUT2D eigenvalue weighted by atomic mass is 10.3. The lowest BCUT2D eigenvalue weighted by molar-refractivity contribution is 0.168. The summed E-state index contributed by atoms with van der Waals surface area (Å²) >= 11 is 1.39. The van der Waals surface area contributed by atoms with Crippen LogP contribution in [0.4, 0.5) is 9.93 Å². The molecule has 2 N–H and O–H groups in total. The molecule has 0 fully saturated rings. The molecule has 6 nitrogen and oxygen atoms in total. The number of hydrogen-bond acceptors (Lipinski definition) is 5. The quantitative estimate of drug-likeness (QED) is 0.767. The highest BCUT2D eigenvalue weighted by Crippen LogP contribution is 2.32. The molecule has 2 aromatic heterocycles. The molecule has 3 aromatic rings. The number of aryl methyl sites for hydroxylation is 1. The monoisotopic (exact) mass is 316 g/mol. The maximum absolute atomic E-state index is 11.5. The fourth-order valence-electron chi connectivity index (χ4n) is 2.14. The summed E-state index contributed by atoms with van der Waals surface area (Å²) in [6.07, 6.45) is 0.267. The van der Waals surface area contributed by atoms with Gasteiger partial charge >= 0.3 is 6.09 Å². The van der Waals surface area contributed by atoms with Gasteiger partial charge in [0.1, 0.15) is 0 Å². The van der Waals surface area contributed by atoms with Crippen LogP contribution in [0.15, 0.2) is 24.3 Å². The summed E-state index contributed by atoms with van der Waals surface area (Å²) in [5.41, 5.74) is 2.79. The second-order valence-electron chi connectivity index (χ2n) is 4.60. The smallest absolute Gasteiger partial charge is 0.413 e. The van der Waals surface area contributed by atoms with Gasteiger partial charge in [-0.25, -0.2) is 14.8 Å². The first kappa shape index (κ1) is 14.5. The van der Waals surface area contributed by atoms with Gasteiger partial charge in [-0.3, -0.25) is 5.32 Å². The summed E-state index contributed by atoms with van der Waals surface area (Å²) in [6, 6.07) is 7.86. The highest BCUT2D eigenvalue weighted by atomic mass is 32.1. The lowest BCUT2D eigenvalue weighted by Crippen LogP contribution is -2.12. The number of fused-ring (bicyclic) bond motifs is 1. The van der Waals surface area contributed by atoms with Crippen molar-refractivity contribution in [3.05, 3.63) is 30.0 Å². The second kappa shape index (κ2) is 6.15. The van der Waals surface area contributed by atoms with Gasteiger partial charge in [0.05, 0.1) is 28.2 Å². The number of aromatic amines is 1. The molecule has 0 saturated carbocycles. The molecule has 3 rings (SSSR count). The van der Waals surface area contributed by atoms with E-state index in [9.17, 15) is 4.79 Å². The molecule has 22 heavy (non-hydrogen) atoms. The van der Waals surface area contributed by atoms with Crippen LogP contribution >= 0.6 is 11.3 Å². The van der Waals surface area contributed by atoms with Crippen molar-refractivity contribution >= 4 is 33.6 Å². The Balaban J connectivity index is 1.95. The molecule has 0 unspecified atom stereocenters. The van der Waals surface area contributed by atoms with Gasteiger partial charge in [-0.2, -0.15) is 0 Å². The SMILES string of the molecule is CCOC(=O)Nc1nc(CC)c(-c2nc3ccccc3[nH]2)s1. The van der Waals surface area contributed by atoms with Crippen LogP contribution in [0.2, 0.25) is 0 Å². The number of imidazole rings is 1. The number of hydrogen-bond donors (Lipinski definition) is 2. The molecule has 2 heterocycles.